The predicted molar refractivity (Wildman–Crippen MR) is 73.1 cm³/mol. The van der Waals surface area contributed by atoms with Crippen molar-refractivity contribution in [1.82, 2.24) is 0 Å². The molecule has 0 bridgehead atoms. The second-order valence-corrected chi connectivity index (χ2v) is 5.46. The van der Waals surface area contributed by atoms with Gasteiger partial charge in [-0.25, -0.2) is 9.38 Å². The van der Waals surface area contributed by atoms with Gasteiger partial charge >= 0.3 is 0 Å². The average molecular weight is 293 g/mol. The van der Waals surface area contributed by atoms with Crippen molar-refractivity contribution < 1.29 is 18.7 Å². The van der Waals surface area contributed by atoms with Crippen molar-refractivity contribution in [1.29, 1.82) is 0 Å². The number of nitrogens with two attached hydrogens (primary N) is 2. The first-order valence-electron chi connectivity index (χ1n) is 6.61. The zero-order chi connectivity index (χ0) is 15.2. The number of amidine groups is 1. The van der Waals surface area contributed by atoms with Crippen LogP contribution in [0.15, 0.2) is 23.2 Å². The van der Waals surface area contributed by atoms with Crippen molar-refractivity contribution in [3.05, 3.63) is 35.1 Å². The highest BCUT2D eigenvalue weighted by atomic mass is 19.1. The lowest BCUT2D eigenvalue weighted by atomic mass is 9.77. The SMILES string of the molecule is C[C@@]1(c2cc(C(N)=O)ccc2F)N=C(N)O[C@@H]2COC[C@H]21. The number of rotatable bonds is 2. The van der Waals surface area contributed by atoms with E-state index in [4.69, 9.17) is 20.9 Å². The number of nitrogens with zero attached hydrogens (tertiary/aromatic N) is 1. The summed E-state index contributed by atoms with van der Waals surface area (Å²) in [5, 5.41) is 0. The zero-order valence-electron chi connectivity index (χ0n) is 11.5. The molecular formula is C14H16FN3O3. The molecule has 1 aromatic carbocycles. The predicted octanol–water partition coefficient (Wildman–Crippen LogP) is 0.500. The van der Waals surface area contributed by atoms with Crippen molar-refractivity contribution in [3.8, 4) is 0 Å². The number of carbonyl (C=O) groups excluding carboxylic acids is 1. The van der Waals surface area contributed by atoms with Crippen LogP contribution in [0.4, 0.5) is 4.39 Å². The van der Waals surface area contributed by atoms with Crippen LogP contribution in [0.1, 0.15) is 22.8 Å². The van der Waals surface area contributed by atoms with E-state index in [9.17, 15) is 9.18 Å². The summed E-state index contributed by atoms with van der Waals surface area (Å²) in [5.41, 5.74) is 10.5. The van der Waals surface area contributed by atoms with E-state index in [1.54, 1.807) is 6.92 Å². The van der Waals surface area contributed by atoms with Crippen molar-refractivity contribution in [2.24, 2.45) is 22.4 Å². The first-order valence-corrected chi connectivity index (χ1v) is 6.61. The summed E-state index contributed by atoms with van der Waals surface area (Å²) in [6.45, 7) is 2.53. The molecule has 112 valence electrons. The smallest absolute Gasteiger partial charge is 0.283 e. The van der Waals surface area contributed by atoms with Gasteiger partial charge in [0.25, 0.3) is 6.02 Å². The van der Waals surface area contributed by atoms with Gasteiger partial charge in [-0.3, -0.25) is 4.79 Å². The Morgan fingerprint density at radius 1 is 1.48 bits per heavy atom. The van der Waals surface area contributed by atoms with Crippen LogP contribution in [0.25, 0.3) is 0 Å². The van der Waals surface area contributed by atoms with Gasteiger partial charge in [0.2, 0.25) is 5.91 Å². The van der Waals surface area contributed by atoms with Crippen LogP contribution in [0.5, 0.6) is 0 Å². The van der Waals surface area contributed by atoms with Gasteiger partial charge in [-0.2, -0.15) is 0 Å². The molecule has 0 spiro atoms. The number of hydrogen-bond acceptors (Lipinski definition) is 5. The summed E-state index contributed by atoms with van der Waals surface area (Å²) in [4.78, 5) is 15.6. The molecule has 3 atom stereocenters. The molecule has 3 rings (SSSR count). The maximum atomic E-state index is 14.3. The third kappa shape index (κ3) is 2.13. The van der Waals surface area contributed by atoms with Crippen LogP contribution in [0.2, 0.25) is 0 Å². The number of benzene rings is 1. The van der Waals surface area contributed by atoms with Crippen molar-refractivity contribution in [2.75, 3.05) is 13.2 Å². The number of aliphatic imine (C=N–C) groups is 1. The molecule has 0 unspecified atom stereocenters. The van der Waals surface area contributed by atoms with Crippen LogP contribution in [0, 0.1) is 11.7 Å². The van der Waals surface area contributed by atoms with Crippen LogP contribution in [-0.2, 0) is 15.0 Å². The summed E-state index contributed by atoms with van der Waals surface area (Å²) >= 11 is 0. The number of halogens is 1. The van der Waals surface area contributed by atoms with E-state index in [0.29, 0.717) is 13.2 Å². The molecule has 0 aromatic heterocycles. The lowest BCUT2D eigenvalue weighted by molar-refractivity contribution is 0.0817. The summed E-state index contributed by atoms with van der Waals surface area (Å²) in [6, 6.07) is 3.98. The highest BCUT2D eigenvalue weighted by molar-refractivity contribution is 5.93. The van der Waals surface area contributed by atoms with Crippen LogP contribution in [0.3, 0.4) is 0 Å². The van der Waals surface area contributed by atoms with Crippen LogP contribution in [-0.4, -0.2) is 31.2 Å². The van der Waals surface area contributed by atoms with Gasteiger partial charge in [0, 0.05) is 11.1 Å². The minimum atomic E-state index is -0.959. The summed E-state index contributed by atoms with van der Waals surface area (Å²) in [6.07, 6.45) is -0.274. The van der Waals surface area contributed by atoms with E-state index in [0.717, 1.165) is 0 Å². The number of fused-ring (bicyclic) bond motifs is 1. The van der Waals surface area contributed by atoms with E-state index in [1.807, 2.05) is 0 Å². The third-order valence-electron chi connectivity index (χ3n) is 4.16. The molecule has 0 saturated carbocycles. The van der Waals surface area contributed by atoms with Gasteiger partial charge in [-0.1, -0.05) is 0 Å². The van der Waals surface area contributed by atoms with Crippen LogP contribution < -0.4 is 11.5 Å². The topological polar surface area (TPSA) is 99.9 Å². The van der Waals surface area contributed by atoms with E-state index >= 15 is 0 Å². The standard InChI is InChI=1S/C14H16FN3O3/c1-14(8-4-7(12(16)19)2-3-10(8)15)9-5-20-6-11(9)21-13(17)18-14/h2-4,9,11H,5-6H2,1H3,(H2,16,19)(H2,17,18)/t9-,11-,14+/m1/s1. The van der Waals surface area contributed by atoms with E-state index in [2.05, 4.69) is 4.99 Å². The molecule has 7 heteroatoms. The fourth-order valence-corrected chi connectivity index (χ4v) is 2.99. The van der Waals surface area contributed by atoms with E-state index in [-0.39, 0.29) is 29.2 Å². The average Bonchev–Trinajstić information content (AvgIpc) is 2.87. The van der Waals surface area contributed by atoms with Gasteiger partial charge in [0.1, 0.15) is 11.9 Å². The molecule has 2 heterocycles. The molecule has 1 amide bonds. The van der Waals surface area contributed by atoms with E-state index < -0.39 is 17.3 Å². The molecule has 21 heavy (non-hydrogen) atoms. The maximum absolute atomic E-state index is 14.3. The largest absolute Gasteiger partial charge is 0.459 e. The minimum absolute atomic E-state index is 0.00636. The number of primary amides is 1. The van der Waals surface area contributed by atoms with Crippen molar-refractivity contribution >= 4 is 11.9 Å². The number of hydrogen-bond donors (Lipinski definition) is 2. The highest BCUT2D eigenvalue weighted by Gasteiger charge is 2.50. The van der Waals surface area contributed by atoms with Crippen molar-refractivity contribution in [3.63, 3.8) is 0 Å². The Balaban J connectivity index is 2.14. The molecule has 0 radical (unpaired) electrons. The lowest BCUT2D eigenvalue weighted by Crippen LogP contribution is -2.47. The Morgan fingerprint density at radius 3 is 2.95 bits per heavy atom. The molecule has 4 N–H and O–H groups in total. The molecule has 1 saturated heterocycles. The molecular weight excluding hydrogens is 277 g/mol. The normalized spacial score (nSPS) is 31.2. The highest BCUT2D eigenvalue weighted by Crippen LogP contribution is 2.43. The van der Waals surface area contributed by atoms with Gasteiger partial charge in [0.15, 0.2) is 0 Å². The number of amides is 1. The minimum Gasteiger partial charge on any atom is -0.459 e. The second-order valence-electron chi connectivity index (χ2n) is 5.46. The third-order valence-corrected chi connectivity index (χ3v) is 4.16. The Bertz CT molecular complexity index is 634. The van der Waals surface area contributed by atoms with Crippen molar-refractivity contribution in [2.45, 2.75) is 18.6 Å². The fourth-order valence-electron chi connectivity index (χ4n) is 2.99. The summed E-state index contributed by atoms with van der Waals surface area (Å²) in [7, 11) is 0. The Morgan fingerprint density at radius 2 is 2.24 bits per heavy atom. The van der Waals surface area contributed by atoms with E-state index in [1.165, 1.54) is 18.2 Å². The molecule has 1 aromatic rings. The first kappa shape index (κ1) is 13.8. The Labute approximate surface area is 120 Å². The van der Waals surface area contributed by atoms with Gasteiger partial charge in [-0.05, 0) is 25.1 Å². The number of ether oxygens (including phenoxy) is 2. The molecule has 6 nitrogen and oxygen atoms in total. The molecule has 1 fully saturated rings. The fraction of sp³-hybridized carbons (Fsp3) is 0.429. The first-order chi connectivity index (χ1) is 9.91. The van der Waals surface area contributed by atoms with Gasteiger partial charge in [-0.15, -0.1) is 0 Å². The Kier molecular flexibility index (Phi) is 3.09. The van der Waals surface area contributed by atoms with Crippen LogP contribution >= 0.6 is 0 Å². The molecule has 2 aliphatic heterocycles. The van der Waals surface area contributed by atoms with Gasteiger partial charge < -0.3 is 20.9 Å². The van der Waals surface area contributed by atoms with Gasteiger partial charge in [0.05, 0.1) is 24.7 Å². The Hall–Kier alpha value is -2.15. The monoisotopic (exact) mass is 293 g/mol. The molecule has 0 aliphatic carbocycles. The zero-order valence-corrected chi connectivity index (χ0v) is 11.5. The lowest BCUT2D eigenvalue weighted by Gasteiger charge is -2.38. The maximum Gasteiger partial charge on any atom is 0.283 e. The quantitative estimate of drug-likeness (QED) is 0.829. The molecule has 2 aliphatic rings. The second kappa shape index (κ2) is 4.70. The number of carbonyl (C=O) groups is 1. The summed E-state index contributed by atoms with van der Waals surface area (Å²) in [5.74, 6) is -1.27. The summed E-state index contributed by atoms with van der Waals surface area (Å²) < 4.78 is 25.1.